The van der Waals surface area contributed by atoms with E-state index in [0.29, 0.717) is 12.0 Å². The van der Waals surface area contributed by atoms with Crippen molar-refractivity contribution >= 4 is 6.08 Å². The zero-order chi connectivity index (χ0) is 19.4. The second-order valence-electron chi connectivity index (χ2n) is 7.37. The Hall–Kier alpha value is -2.10. The molecule has 1 aliphatic rings. The van der Waals surface area contributed by atoms with Crippen molar-refractivity contribution < 1.29 is 17.6 Å². The lowest BCUT2D eigenvalue weighted by atomic mass is 9.78. The molecule has 3 rings (SSSR count). The Bertz CT molecular complexity index is 794. The first-order chi connectivity index (χ1) is 13.0. The van der Waals surface area contributed by atoms with Crippen LogP contribution in [0.3, 0.4) is 0 Å². The SMILES string of the molecule is CCCc1cc(F)c(C=CC2CCC(c3ccc(F)c(F)c3)CC2)c(F)c1. The Morgan fingerprint density at radius 3 is 2.11 bits per heavy atom. The highest BCUT2D eigenvalue weighted by atomic mass is 19.2. The van der Waals surface area contributed by atoms with Gasteiger partial charge < -0.3 is 0 Å². The third kappa shape index (κ3) is 4.79. The van der Waals surface area contributed by atoms with E-state index in [-0.39, 0.29) is 17.4 Å². The number of benzene rings is 2. The van der Waals surface area contributed by atoms with Gasteiger partial charge in [-0.3, -0.25) is 0 Å². The fraction of sp³-hybridized carbons (Fsp3) is 0.391. The Balaban J connectivity index is 1.63. The maximum atomic E-state index is 14.2. The number of allylic oxidation sites excluding steroid dienone is 1. The van der Waals surface area contributed by atoms with Gasteiger partial charge in [0.25, 0.3) is 0 Å². The molecule has 0 atom stereocenters. The second-order valence-corrected chi connectivity index (χ2v) is 7.37. The number of hydrogen-bond acceptors (Lipinski definition) is 0. The Morgan fingerprint density at radius 2 is 1.52 bits per heavy atom. The summed E-state index contributed by atoms with van der Waals surface area (Å²) in [5.74, 6) is -2.25. The maximum Gasteiger partial charge on any atom is 0.159 e. The molecule has 144 valence electrons. The van der Waals surface area contributed by atoms with Crippen LogP contribution in [-0.4, -0.2) is 0 Å². The molecule has 0 N–H and O–H groups in total. The fourth-order valence-electron chi connectivity index (χ4n) is 3.87. The number of halogens is 4. The molecule has 27 heavy (non-hydrogen) atoms. The van der Waals surface area contributed by atoms with Crippen LogP contribution in [0, 0.1) is 29.2 Å². The van der Waals surface area contributed by atoms with Gasteiger partial charge in [0.2, 0.25) is 0 Å². The third-order valence-corrected chi connectivity index (χ3v) is 5.40. The zero-order valence-electron chi connectivity index (χ0n) is 15.5. The predicted octanol–water partition coefficient (Wildman–Crippen LogP) is 7.18. The van der Waals surface area contributed by atoms with Gasteiger partial charge in [-0.25, -0.2) is 17.6 Å². The van der Waals surface area contributed by atoms with E-state index >= 15 is 0 Å². The molecule has 2 aromatic carbocycles. The quantitative estimate of drug-likeness (QED) is 0.485. The van der Waals surface area contributed by atoms with Gasteiger partial charge >= 0.3 is 0 Å². The van der Waals surface area contributed by atoms with Crippen molar-refractivity contribution in [2.24, 2.45) is 5.92 Å². The minimum Gasteiger partial charge on any atom is -0.206 e. The van der Waals surface area contributed by atoms with E-state index < -0.39 is 23.3 Å². The molecule has 4 heteroatoms. The molecule has 0 aromatic heterocycles. The van der Waals surface area contributed by atoms with E-state index in [2.05, 4.69) is 0 Å². The summed E-state index contributed by atoms with van der Waals surface area (Å²) in [5.41, 5.74) is 1.51. The fourth-order valence-corrected chi connectivity index (χ4v) is 3.87. The van der Waals surface area contributed by atoms with E-state index in [0.717, 1.165) is 37.7 Å². The van der Waals surface area contributed by atoms with Crippen molar-refractivity contribution in [1.82, 2.24) is 0 Å². The lowest BCUT2D eigenvalue weighted by Gasteiger charge is -2.27. The van der Waals surface area contributed by atoms with Gasteiger partial charge in [0.1, 0.15) is 11.6 Å². The molecule has 1 saturated carbocycles. The molecular formula is C23H24F4. The minimum absolute atomic E-state index is 0.0117. The smallest absolute Gasteiger partial charge is 0.159 e. The normalized spacial score (nSPS) is 20.3. The highest BCUT2D eigenvalue weighted by molar-refractivity contribution is 5.52. The van der Waals surface area contributed by atoms with E-state index in [4.69, 9.17) is 0 Å². The zero-order valence-corrected chi connectivity index (χ0v) is 15.5. The summed E-state index contributed by atoms with van der Waals surface area (Å²) in [6.45, 7) is 1.97. The molecule has 0 nitrogen and oxygen atoms in total. The van der Waals surface area contributed by atoms with Crippen molar-refractivity contribution in [3.05, 3.63) is 76.4 Å². The minimum atomic E-state index is -0.829. The molecule has 1 fully saturated rings. The summed E-state index contributed by atoms with van der Waals surface area (Å²) in [5, 5.41) is 0. The molecule has 0 aliphatic heterocycles. The molecule has 1 aliphatic carbocycles. The van der Waals surface area contributed by atoms with Crippen LogP contribution in [0.5, 0.6) is 0 Å². The largest absolute Gasteiger partial charge is 0.206 e. The Morgan fingerprint density at radius 1 is 0.852 bits per heavy atom. The van der Waals surface area contributed by atoms with Crippen LogP contribution in [0.25, 0.3) is 6.08 Å². The lowest BCUT2D eigenvalue weighted by molar-refractivity contribution is 0.375. The van der Waals surface area contributed by atoms with E-state index in [1.807, 2.05) is 13.0 Å². The average Bonchev–Trinajstić information content (AvgIpc) is 2.64. The number of aryl methyl sites for hydroxylation is 1. The summed E-state index contributed by atoms with van der Waals surface area (Å²) in [7, 11) is 0. The molecule has 0 amide bonds. The Kier molecular flexibility index (Phi) is 6.35. The van der Waals surface area contributed by atoms with Crippen molar-refractivity contribution in [2.75, 3.05) is 0 Å². The summed E-state index contributed by atoms with van der Waals surface area (Å²) in [6, 6.07) is 6.91. The van der Waals surface area contributed by atoms with Crippen molar-refractivity contribution in [1.29, 1.82) is 0 Å². The van der Waals surface area contributed by atoms with Crippen LogP contribution in [0.15, 0.2) is 36.4 Å². The highest BCUT2D eigenvalue weighted by Crippen LogP contribution is 2.37. The van der Waals surface area contributed by atoms with Gasteiger partial charge in [-0.1, -0.05) is 31.6 Å². The molecule has 0 unspecified atom stereocenters. The summed E-state index contributed by atoms with van der Waals surface area (Å²) in [6.07, 6.45) is 8.34. The van der Waals surface area contributed by atoms with E-state index in [1.54, 1.807) is 12.1 Å². The standard InChI is InChI=1S/C23H24F4/c1-2-3-16-12-21(25)19(22(26)13-16)10-6-15-4-7-17(8-5-15)18-9-11-20(24)23(27)14-18/h6,9-15,17H,2-5,7-8H2,1H3. The van der Waals surface area contributed by atoms with Crippen LogP contribution in [0.4, 0.5) is 17.6 Å². The van der Waals surface area contributed by atoms with Crippen LogP contribution < -0.4 is 0 Å². The number of hydrogen-bond donors (Lipinski definition) is 0. The van der Waals surface area contributed by atoms with Gasteiger partial charge in [0, 0.05) is 5.56 Å². The average molecular weight is 376 g/mol. The first kappa shape index (κ1) is 19.7. The third-order valence-electron chi connectivity index (χ3n) is 5.40. The topological polar surface area (TPSA) is 0 Å². The summed E-state index contributed by atoms with van der Waals surface area (Å²) >= 11 is 0. The molecule has 2 aromatic rings. The first-order valence-corrected chi connectivity index (χ1v) is 9.59. The first-order valence-electron chi connectivity index (χ1n) is 9.59. The number of rotatable bonds is 5. The van der Waals surface area contributed by atoms with Crippen LogP contribution in [0.1, 0.15) is 61.6 Å². The predicted molar refractivity (Wildman–Crippen MR) is 100 cm³/mol. The van der Waals surface area contributed by atoms with Gasteiger partial charge in [-0.15, -0.1) is 0 Å². The second kappa shape index (κ2) is 8.73. The van der Waals surface area contributed by atoms with Gasteiger partial charge in [0.05, 0.1) is 0 Å². The molecule has 0 heterocycles. The van der Waals surface area contributed by atoms with E-state index in [9.17, 15) is 17.6 Å². The van der Waals surface area contributed by atoms with Gasteiger partial charge in [-0.05, 0) is 79.3 Å². The lowest BCUT2D eigenvalue weighted by Crippen LogP contribution is -2.12. The summed E-state index contributed by atoms with van der Waals surface area (Å²) in [4.78, 5) is 0. The molecule has 0 bridgehead atoms. The maximum absolute atomic E-state index is 14.2. The molecular weight excluding hydrogens is 352 g/mol. The van der Waals surface area contributed by atoms with Crippen LogP contribution >= 0.6 is 0 Å². The van der Waals surface area contributed by atoms with Crippen molar-refractivity contribution in [3.63, 3.8) is 0 Å². The van der Waals surface area contributed by atoms with Crippen molar-refractivity contribution in [3.8, 4) is 0 Å². The van der Waals surface area contributed by atoms with Gasteiger partial charge in [-0.2, -0.15) is 0 Å². The van der Waals surface area contributed by atoms with Gasteiger partial charge in [0.15, 0.2) is 11.6 Å². The van der Waals surface area contributed by atoms with Crippen molar-refractivity contribution in [2.45, 2.75) is 51.4 Å². The molecule has 0 saturated heterocycles. The monoisotopic (exact) mass is 376 g/mol. The van der Waals surface area contributed by atoms with E-state index in [1.165, 1.54) is 24.3 Å². The Labute approximate surface area is 157 Å². The van der Waals surface area contributed by atoms with Crippen LogP contribution in [-0.2, 0) is 6.42 Å². The molecule has 0 radical (unpaired) electrons. The summed E-state index contributed by atoms with van der Waals surface area (Å²) < 4.78 is 54.9. The highest BCUT2D eigenvalue weighted by Gasteiger charge is 2.22. The molecule has 0 spiro atoms. The van der Waals surface area contributed by atoms with Crippen LogP contribution in [0.2, 0.25) is 0 Å².